The Morgan fingerprint density at radius 1 is 0.500 bits per heavy atom. The van der Waals surface area contributed by atoms with Crippen LogP contribution < -0.4 is 9.47 Å². The first-order valence-corrected chi connectivity index (χ1v) is 10.0. The molecule has 3 heteroatoms. The van der Waals surface area contributed by atoms with Crippen LogP contribution >= 0.6 is 8.19 Å². The van der Waals surface area contributed by atoms with Crippen molar-refractivity contribution in [3.05, 3.63) is 91.0 Å². The van der Waals surface area contributed by atoms with Crippen LogP contribution in [-0.2, 0) is 0 Å². The Hall–Kier alpha value is -3.09. The lowest BCUT2D eigenvalue weighted by Gasteiger charge is -2.13. The van der Waals surface area contributed by atoms with Crippen LogP contribution in [0.5, 0.6) is 11.5 Å². The topological polar surface area (TPSA) is 18.5 Å². The minimum absolute atomic E-state index is 0.741. The van der Waals surface area contributed by atoms with Crippen LogP contribution in [0, 0.1) is 0 Å². The number of hydrogen-bond acceptors (Lipinski definition) is 2. The second-order valence-corrected chi connectivity index (χ2v) is 7.62. The molecule has 0 N–H and O–H groups in total. The smallest absolute Gasteiger partial charge is 0.161 e. The Kier molecular flexibility index (Phi) is 5.41. The molecule has 0 aliphatic carbocycles. The minimum Gasteiger partial charge on any atom is -0.493 e. The van der Waals surface area contributed by atoms with Gasteiger partial charge in [0.15, 0.2) is 11.5 Å². The molecule has 1 aromatic heterocycles. The Morgan fingerprint density at radius 2 is 1.07 bits per heavy atom. The van der Waals surface area contributed by atoms with Gasteiger partial charge in [0.05, 0.1) is 14.2 Å². The maximum Gasteiger partial charge on any atom is 0.161 e. The highest BCUT2D eigenvalue weighted by Gasteiger charge is 2.11. The molecule has 0 radical (unpaired) electrons. The molecule has 4 aromatic rings. The van der Waals surface area contributed by atoms with Crippen molar-refractivity contribution in [2.45, 2.75) is 0 Å². The molecule has 0 unspecified atom stereocenters. The fraction of sp³-hybridized carbons (Fsp3) is 0.0800. The summed E-state index contributed by atoms with van der Waals surface area (Å²) in [4.78, 5) is 0. The first kappa shape index (κ1) is 18.3. The van der Waals surface area contributed by atoms with Crippen LogP contribution in [0.15, 0.2) is 91.0 Å². The minimum atomic E-state index is 0.741. The summed E-state index contributed by atoms with van der Waals surface area (Å²) >= 11 is 0. The van der Waals surface area contributed by atoms with Gasteiger partial charge in [0.2, 0.25) is 0 Å². The van der Waals surface area contributed by atoms with Crippen molar-refractivity contribution < 1.29 is 9.47 Å². The maximum atomic E-state index is 5.51. The van der Waals surface area contributed by atoms with Gasteiger partial charge >= 0.3 is 0 Å². The van der Waals surface area contributed by atoms with E-state index in [1.165, 1.54) is 35.5 Å². The summed E-state index contributed by atoms with van der Waals surface area (Å²) < 4.78 is 10.9. The molecule has 0 atom stereocenters. The van der Waals surface area contributed by atoms with Crippen molar-refractivity contribution in [1.82, 2.24) is 0 Å². The van der Waals surface area contributed by atoms with Gasteiger partial charge in [-0.2, -0.15) is 0 Å². The second kappa shape index (κ2) is 8.29. The largest absolute Gasteiger partial charge is 0.493 e. The van der Waals surface area contributed by atoms with E-state index in [9.17, 15) is 0 Å². The normalized spacial score (nSPS) is 10.8. The molecule has 0 aliphatic heterocycles. The van der Waals surface area contributed by atoms with Gasteiger partial charge in [-0.05, 0) is 46.5 Å². The lowest BCUT2D eigenvalue weighted by molar-refractivity contribution is 0.355. The van der Waals surface area contributed by atoms with Crippen LogP contribution in [0.4, 0.5) is 0 Å². The monoisotopic (exact) mass is 384 g/mol. The highest BCUT2D eigenvalue weighted by molar-refractivity contribution is 7.37. The average molecular weight is 384 g/mol. The Morgan fingerprint density at radius 3 is 1.68 bits per heavy atom. The van der Waals surface area contributed by atoms with Gasteiger partial charge in [-0.3, -0.25) is 0 Å². The van der Waals surface area contributed by atoms with Crippen molar-refractivity contribution in [2.75, 3.05) is 14.2 Å². The predicted octanol–water partition coefficient (Wildman–Crippen LogP) is 7.28. The standard InChI is InChI=1S/C25H21O2P/c1-26-22-14-13-20(15-23(22)27-2)25-17-21(18-9-5-3-6-10-18)16-24(28-25)19-11-7-4-8-12-19/h3-17H,1-2H3. The first-order chi connectivity index (χ1) is 13.8. The van der Waals surface area contributed by atoms with E-state index in [2.05, 4.69) is 72.8 Å². The van der Waals surface area contributed by atoms with Gasteiger partial charge in [-0.15, -0.1) is 0 Å². The van der Waals surface area contributed by atoms with E-state index in [0.29, 0.717) is 0 Å². The van der Waals surface area contributed by atoms with Gasteiger partial charge < -0.3 is 9.47 Å². The molecule has 0 saturated heterocycles. The zero-order valence-corrected chi connectivity index (χ0v) is 16.8. The fourth-order valence-corrected chi connectivity index (χ4v) is 4.44. The molecular formula is C25H21O2P. The summed E-state index contributed by atoms with van der Waals surface area (Å²) in [5.74, 6) is 1.48. The van der Waals surface area contributed by atoms with E-state index in [1.54, 1.807) is 14.2 Å². The molecular weight excluding hydrogens is 363 g/mol. The lowest BCUT2D eigenvalue weighted by Crippen LogP contribution is -1.90. The molecule has 138 valence electrons. The van der Waals surface area contributed by atoms with Gasteiger partial charge in [-0.1, -0.05) is 74.9 Å². The number of hydrogen-bond donors (Lipinski definition) is 0. The SMILES string of the molecule is COc1ccc(-c2cc(-c3ccccc3)cc(-c3ccccc3)p2)cc1OC. The van der Waals surface area contributed by atoms with E-state index < -0.39 is 0 Å². The third-order valence-electron chi connectivity index (χ3n) is 4.68. The lowest BCUT2D eigenvalue weighted by atomic mass is 10.0. The Balaban J connectivity index is 1.89. The molecule has 0 amide bonds. The van der Waals surface area contributed by atoms with Crippen molar-refractivity contribution in [3.63, 3.8) is 0 Å². The van der Waals surface area contributed by atoms with E-state index in [4.69, 9.17) is 9.47 Å². The maximum absolute atomic E-state index is 5.51. The molecule has 28 heavy (non-hydrogen) atoms. The van der Waals surface area contributed by atoms with Crippen LogP contribution in [0.1, 0.15) is 0 Å². The molecule has 0 fully saturated rings. The zero-order chi connectivity index (χ0) is 19.3. The van der Waals surface area contributed by atoms with E-state index in [1.807, 2.05) is 18.2 Å². The molecule has 1 heterocycles. The zero-order valence-electron chi connectivity index (χ0n) is 15.9. The van der Waals surface area contributed by atoms with E-state index in [0.717, 1.165) is 17.1 Å². The van der Waals surface area contributed by atoms with Crippen LogP contribution in [0.3, 0.4) is 0 Å². The highest BCUT2D eigenvalue weighted by atomic mass is 31.0. The van der Waals surface area contributed by atoms with Gasteiger partial charge in [0, 0.05) is 10.6 Å². The van der Waals surface area contributed by atoms with Crippen LogP contribution in [-0.4, -0.2) is 14.2 Å². The van der Waals surface area contributed by atoms with Crippen molar-refractivity contribution in [3.8, 4) is 44.3 Å². The highest BCUT2D eigenvalue weighted by Crippen LogP contribution is 2.42. The fourth-order valence-electron chi connectivity index (χ4n) is 3.23. The summed E-state index contributed by atoms with van der Waals surface area (Å²) in [7, 11) is 4.50. The molecule has 2 nitrogen and oxygen atoms in total. The van der Waals surface area contributed by atoms with E-state index in [-0.39, 0.29) is 0 Å². The average Bonchev–Trinajstić information content (AvgIpc) is 2.79. The van der Waals surface area contributed by atoms with E-state index >= 15 is 0 Å². The van der Waals surface area contributed by atoms with Crippen LogP contribution in [0.25, 0.3) is 32.8 Å². The number of benzene rings is 3. The number of ether oxygens (including phenoxy) is 2. The Labute approximate surface area is 167 Å². The van der Waals surface area contributed by atoms with Crippen molar-refractivity contribution in [1.29, 1.82) is 0 Å². The van der Waals surface area contributed by atoms with Gasteiger partial charge in [0.25, 0.3) is 0 Å². The summed E-state index contributed by atoms with van der Waals surface area (Å²) in [6.07, 6.45) is 0. The van der Waals surface area contributed by atoms with Gasteiger partial charge in [0.1, 0.15) is 0 Å². The number of methoxy groups -OCH3 is 2. The first-order valence-electron chi connectivity index (χ1n) is 9.14. The second-order valence-electron chi connectivity index (χ2n) is 6.43. The quantitative estimate of drug-likeness (QED) is 0.360. The van der Waals surface area contributed by atoms with Gasteiger partial charge in [-0.25, -0.2) is 0 Å². The predicted molar refractivity (Wildman–Crippen MR) is 118 cm³/mol. The molecule has 4 rings (SSSR count). The molecule has 3 aromatic carbocycles. The third kappa shape index (κ3) is 3.78. The number of rotatable bonds is 5. The summed E-state index contributed by atoms with van der Waals surface area (Å²) in [6, 6.07) is 31.7. The molecule has 0 aliphatic rings. The molecule has 0 bridgehead atoms. The van der Waals surface area contributed by atoms with Crippen molar-refractivity contribution in [2.24, 2.45) is 0 Å². The molecule has 0 spiro atoms. The van der Waals surface area contributed by atoms with Crippen molar-refractivity contribution >= 4 is 8.19 Å². The summed E-state index contributed by atoms with van der Waals surface area (Å²) in [5.41, 5.74) is 4.80. The molecule has 0 saturated carbocycles. The summed E-state index contributed by atoms with van der Waals surface area (Å²) in [5, 5.41) is 2.52. The Bertz CT molecular complexity index is 1020. The summed E-state index contributed by atoms with van der Waals surface area (Å²) in [6.45, 7) is 0. The van der Waals surface area contributed by atoms with Crippen LogP contribution in [0.2, 0.25) is 0 Å². The third-order valence-corrected chi connectivity index (χ3v) is 5.94.